The van der Waals surface area contributed by atoms with E-state index < -0.39 is 0 Å². The standard InChI is InChI=1S/C46H37NO/c1-2-9-35(10-3-1)47(36-20-17-31(18-21-36)32-19-22-44-39(28-32)37-11-5-7-16-43(37)48-44)42-15-8-14-41-45(42)38-12-4-6-13-40(38)46(41)33-24-29-23-30(26-33)27-34(46)25-29/h1-22,28-30,33-34H,23-27H2. The smallest absolute Gasteiger partial charge is 0.135 e. The molecule has 5 aliphatic rings. The summed E-state index contributed by atoms with van der Waals surface area (Å²) in [5.74, 6) is 3.37. The van der Waals surface area contributed by atoms with Crippen molar-refractivity contribution in [2.45, 2.75) is 37.5 Å². The second-order valence-corrected chi connectivity index (χ2v) is 14.9. The van der Waals surface area contributed by atoms with Gasteiger partial charge >= 0.3 is 0 Å². The van der Waals surface area contributed by atoms with E-state index >= 15 is 0 Å². The van der Waals surface area contributed by atoms with Gasteiger partial charge in [-0.3, -0.25) is 0 Å². The molecule has 4 fully saturated rings. The van der Waals surface area contributed by atoms with Crippen LogP contribution < -0.4 is 4.90 Å². The van der Waals surface area contributed by atoms with Gasteiger partial charge < -0.3 is 9.32 Å². The first kappa shape index (κ1) is 26.9. The number of para-hydroxylation sites is 2. The van der Waals surface area contributed by atoms with Gasteiger partial charge in [-0.2, -0.15) is 0 Å². The summed E-state index contributed by atoms with van der Waals surface area (Å²) in [7, 11) is 0. The largest absolute Gasteiger partial charge is 0.456 e. The van der Waals surface area contributed by atoms with E-state index in [1.807, 2.05) is 12.1 Å². The van der Waals surface area contributed by atoms with Crippen LogP contribution in [-0.2, 0) is 5.41 Å². The molecule has 2 heteroatoms. The van der Waals surface area contributed by atoms with Crippen LogP contribution in [0.4, 0.5) is 17.1 Å². The number of anilines is 3. The van der Waals surface area contributed by atoms with E-state index in [4.69, 9.17) is 4.42 Å². The first-order valence-corrected chi connectivity index (χ1v) is 17.9. The number of fused-ring (bicyclic) bond motifs is 6. The lowest BCUT2D eigenvalue weighted by atomic mass is 9.43. The van der Waals surface area contributed by atoms with Crippen molar-refractivity contribution in [2.75, 3.05) is 4.90 Å². The quantitative estimate of drug-likeness (QED) is 0.195. The van der Waals surface area contributed by atoms with Gasteiger partial charge in [-0.1, -0.05) is 91.0 Å². The minimum atomic E-state index is 0.150. The zero-order valence-electron chi connectivity index (χ0n) is 27.0. The Morgan fingerprint density at radius 1 is 0.500 bits per heavy atom. The molecule has 12 rings (SSSR count). The number of nitrogens with zero attached hydrogens (tertiary/aromatic N) is 1. The van der Waals surface area contributed by atoms with Crippen molar-refractivity contribution in [3.05, 3.63) is 151 Å². The zero-order valence-corrected chi connectivity index (χ0v) is 27.0. The van der Waals surface area contributed by atoms with Gasteiger partial charge in [0.25, 0.3) is 0 Å². The summed E-state index contributed by atoms with van der Waals surface area (Å²) >= 11 is 0. The third kappa shape index (κ3) is 3.64. The summed E-state index contributed by atoms with van der Waals surface area (Å²) in [6.07, 6.45) is 7.07. The Labute approximate surface area is 281 Å². The van der Waals surface area contributed by atoms with E-state index in [2.05, 4.69) is 132 Å². The number of benzene rings is 6. The highest BCUT2D eigenvalue weighted by molar-refractivity contribution is 6.06. The molecule has 4 bridgehead atoms. The van der Waals surface area contributed by atoms with Crippen LogP contribution in [0.1, 0.15) is 43.2 Å². The van der Waals surface area contributed by atoms with Gasteiger partial charge in [0.1, 0.15) is 11.2 Å². The molecule has 1 heterocycles. The van der Waals surface area contributed by atoms with Crippen LogP contribution in [0.3, 0.4) is 0 Å². The molecule has 0 atom stereocenters. The van der Waals surface area contributed by atoms with Gasteiger partial charge in [-0.15, -0.1) is 0 Å². The van der Waals surface area contributed by atoms with Crippen molar-refractivity contribution in [1.29, 1.82) is 0 Å². The maximum Gasteiger partial charge on any atom is 0.135 e. The zero-order chi connectivity index (χ0) is 31.4. The van der Waals surface area contributed by atoms with Crippen LogP contribution in [0, 0.1) is 23.7 Å². The Morgan fingerprint density at radius 2 is 1.15 bits per heavy atom. The van der Waals surface area contributed by atoms with Crippen LogP contribution in [0.5, 0.6) is 0 Å². The first-order valence-electron chi connectivity index (χ1n) is 17.9. The minimum Gasteiger partial charge on any atom is -0.456 e. The normalized spacial score (nSPS) is 24.8. The van der Waals surface area contributed by atoms with Crippen molar-refractivity contribution in [1.82, 2.24) is 0 Å². The van der Waals surface area contributed by atoms with Gasteiger partial charge in [0.2, 0.25) is 0 Å². The fraction of sp³-hybridized carbons (Fsp3) is 0.217. The van der Waals surface area contributed by atoms with Crippen molar-refractivity contribution in [3.63, 3.8) is 0 Å². The summed E-state index contributed by atoms with van der Waals surface area (Å²) in [5, 5.41) is 2.33. The summed E-state index contributed by atoms with van der Waals surface area (Å²) < 4.78 is 6.12. The molecule has 0 amide bonds. The molecule has 6 aromatic carbocycles. The van der Waals surface area contributed by atoms with Gasteiger partial charge in [-0.25, -0.2) is 0 Å². The third-order valence-corrected chi connectivity index (χ3v) is 12.6. The molecule has 1 aromatic heterocycles. The lowest BCUT2D eigenvalue weighted by Crippen LogP contribution is -2.55. The topological polar surface area (TPSA) is 16.4 Å². The average Bonchev–Trinajstić information content (AvgIpc) is 3.65. The van der Waals surface area contributed by atoms with Crippen LogP contribution >= 0.6 is 0 Å². The summed E-state index contributed by atoms with van der Waals surface area (Å²) in [4.78, 5) is 2.50. The van der Waals surface area contributed by atoms with Gasteiger partial charge in [-0.05, 0) is 132 Å². The fourth-order valence-corrected chi connectivity index (χ4v) is 11.1. The summed E-state index contributed by atoms with van der Waals surface area (Å²) in [5.41, 5.74) is 14.2. The Kier molecular flexibility index (Phi) is 5.59. The van der Waals surface area contributed by atoms with Crippen molar-refractivity contribution in [3.8, 4) is 22.3 Å². The lowest BCUT2D eigenvalue weighted by molar-refractivity contribution is -0.0399. The lowest BCUT2D eigenvalue weighted by Gasteiger charge is -2.61. The van der Waals surface area contributed by atoms with Gasteiger partial charge in [0, 0.05) is 33.1 Å². The third-order valence-electron chi connectivity index (χ3n) is 12.6. The molecule has 0 N–H and O–H groups in total. The Balaban J connectivity index is 1.07. The van der Waals surface area contributed by atoms with Gasteiger partial charge in [0.05, 0.1) is 5.69 Å². The molecular formula is C46H37NO. The SMILES string of the molecule is c1ccc(N(c2ccc(-c3ccc4oc5ccccc5c4c3)cc2)c2cccc3c2-c2ccccc2C32C3CC4CC(C3)CC2C4)cc1. The molecule has 2 nitrogen and oxygen atoms in total. The Bertz CT molecular complexity index is 2340. The summed E-state index contributed by atoms with van der Waals surface area (Å²) in [6, 6.07) is 51.7. The minimum absolute atomic E-state index is 0.150. The van der Waals surface area contributed by atoms with E-state index in [0.29, 0.717) is 0 Å². The van der Waals surface area contributed by atoms with E-state index in [1.54, 1.807) is 11.1 Å². The molecule has 0 unspecified atom stereocenters. The molecule has 4 saturated carbocycles. The first-order chi connectivity index (χ1) is 23.8. The average molecular weight is 620 g/mol. The van der Waals surface area contributed by atoms with Crippen LogP contribution in [0.2, 0.25) is 0 Å². The Hall–Kier alpha value is -5.08. The number of furan rings is 1. The molecule has 0 radical (unpaired) electrons. The number of hydrogen-bond acceptors (Lipinski definition) is 2. The monoisotopic (exact) mass is 619 g/mol. The maximum atomic E-state index is 6.12. The highest BCUT2D eigenvalue weighted by Gasteiger charge is 2.61. The number of hydrogen-bond donors (Lipinski definition) is 0. The molecular weight excluding hydrogens is 583 g/mol. The van der Waals surface area contributed by atoms with E-state index in [0.717, 1.165) is 45.6 Å². The summed E-state index contributed by atoms with van der Waals surface area (Å²) in [6.45, 7) is 0. The van der Waals surface area contributed by atoms with Crippen LogP contribution in [0.15, 0.2) is 144 Å². The van der Waals surface area contributed by atoms with Crippen molar-refractivity contribution in [2.24, 2.45) is 23.7 Å². The molecule has 5 aliphatic carbocycles. The van der Waals surface area contributed by atoms with Crippen molar-refractivity contribution >= 4 is 39.0 Å². The predicted octanol–water partition coefficient (Wildman–Crippen LogP) is 12.4. The second kappa shape index (κ2) is 9.97. The van der Waals surface area contributed by atoms with E-state index in [1.165, 1.54) is 71.4 Å². The van der Waals surface area contributed by atoms with E-state index in [9.17, 15) is 0 Å². The second-order valence-electron chi connectivity index (χ2n) is 14.9. The molecule has 48 heavy (non-hydrogen) atoms. The van der Waals surface area contributed by atoms with Crippen molar-refractivity contribution < 1.29 is 4.42 Å². The van der Waals surface area contributed by atoms with E-state index in [-0.39, 0.29) is 5.41 Å². The molecule has 232 valence electrons. The van der Waals surface area contributed by atoms with Crippen LogP contribution in [0.25, 0.3) is 44.2 Å². The fourth-order valence-electron chi connectivity index (χ4n) is 11.1. The predicted molar refractivity (Wildman–Crippen MR) is 197 cm³/mol. The van der Waals surface area contributed by atoms with Crippen LogP contribution in [-0.4, -0.2) is 0 Å². The van der Waals surface area contributed by atoms with Gasteiger partial charge in [0.15, 0.2) is 0 Å². The molecule has 0 aliphatic heterocycles. The molecule has 7 aromatic rings. The maximum absolute atomic E-state index is 6.12. The highest BCUT2D eigenvalue weighted by atomic mass is 16.3. The molecule has 0 saturated heterocycles. The highest BCUT2D eigenvalue weighted by Crippen LogP contribution is 2.70. The number of rotatable bonds is 4. The Morgan fingerprint density at radius 3 is 1.96 bits per heavy atom. The molecule has 1 spiro atoms.